The zero-order valence-electron chi connectivity index (χ0n) is 20.1. The molecule has 1 aliphatic heterocycles. The lowest BCUT2D eigenvalue weighted by Crippen LogP contribution is -2.34. The first kappa shape index (κ1) is 24.7. The minimum atomic E-state index is 0.191. The highest BCUT2D eigenvalue weighted by molar-refractivity contribution is 8.05. The summed E-state index contributed by atoms with van der Waals surface area (Å²) in [5.74, 6) is 1.54. The highest BCUT2D eigenvalue weighted by Gasteiger charge is 2.16. The molecule has 3 aromatic rings. The summed E-state index contributed by atoms with van der Waals surface area (Å²) in [6, 6.07) is 16.2. The number of anilines is 1. The molecule has 2 aromatic carbocycles. The molecule has 2 heterocycles. The molecule has 1 unspecified atom stereocenters. The summed E-state index contributed by atoms with van der Waals surface area (Å²) in [5, 5.41) is 3.47. The van der Waals surface area contributed by atoms with Crippen LogP contribution in [-0.2, 0) is 4.74 Å². The fraction of sp³-hybridized carbons (Fsp3) is 0.269. The molecule has 0 radical (unpaired) electrons. The van der Waals surface area contributed by atoms with Crippen LogP contribution in [0.5, 0.6) is 11.6 Å². The lowest BCUT2D eigenvalue weighted by molar-refractivity contribution is 0.0769. The van der Waals surface area contributed by atoms with Crippen molar-refractivity contribution in [1.82, 2.24) is 15.3 Å². The molecule has 35 heavy (non-hydrogen) atoms. The fourth-order valence-electron chi connectivity index (χ4n) is 3.87. The fourth-order valence-corrected chi connectivity index (χ4v) is 4.40. The molecule has 0 aliphatic carbocycles. The van der Waals surface area contributed by atoms with Gasteiger partial charge in [-0.1, -0.05) is 30.3 Å². The molecule has 1 atom stereocenters. The molecule has 1 aromatic heterocycles. The van der Waals surface area contributed by atoms with Crippen LogP contribution in [0.2, 0.25) is 0 Å². The van der Waals surface area contributed by atoms with E-state index in [1.165, 1.54) is 18.1 Å². The van der Waals surface area contributed by atoms with Gasteiger partial charge in [0.1, 0.15) is 5.75 Å². The molecule has 4 rings (SSSR count). The molecule has 0 bridgehead atoms. The molecule has 1 fully saturated rings. The zero-order valence-corrected chi connectivity index (χ0v) is 20.9. The van der Waals surface area contributed by atoms with E-state index in [4.69, 9.17) is 20.2 Å². The van der Waals surface area contributed by atoms with Gasteiger partial charge in [-0.3, -0.25) is 9.71 Å². The van der Waals surface area contributed by atoms with E-state index in [-0.39, 0.29) is 6.04 Å². The van der Waals surface area contributed by atoms with Crippen molar-refractivity contribution in [2.45, 2.75) is 19.9 Å². The average molecular weight is 491 g/mol. The second-order valence-electron chi connectivity index (χ2n) is 8.10. The highest BCUT2D eigenvalue weighted by Crippen LogP contribution is 2.31. The Morgan fingerprint density at radius 1 is 1.20 bits per heavy atom. The van der Waals surface area contributed by atoms with Crippen molar-refractivity contribution in [3.8, 4) is 22.9 Å². The lowest BCUT2D eigenvalue weighted by atomic mass is 10.00. The Morgan fingerprint density at radius 3 is 2.63 bits per heavy atom. The van der Waals surface area contributed by atoms with Crippen molar-refractivity contribution >= 4 is 24.1 Å². The Kier molecular flexibility index (Phi) is 8.36. The maximum absolute atomic E-state index is 6.17. The van der Waals surface area contributed by atoms with Gasteiger partial charge >= 0.3 is 0 Å². The van der Waals surface area contributed by atoms with Crippen molar-refractivity contribution in [1.29, 1.82) is 0 Å². The topological polar surface area (TPSA) is 107 Å². The number of ether oxygens (including phenoxy) is 2. The first-order valence-corrected chi connectivity index (χ1v) is 12.2. The van der Waals surface area contributed by atoms with E-state index in [0.29, 0.717) is 24.2 Å². The number of rotatable bonds is 8. The molecule has 4 N–H and O–H groups in total. The smallest absolute Gasteiger partial charge is 0.237 e. The first-order valence-electron chi connectivity index (χ1n) is 11.4. The van der Waals surface area contributed by atoms with Crippen LogP contribution >= 0.6 is 11.9 Å². The quantitative estimate of drug-likeness (QED) is 0.306. The summed E-state index contributed by atoms with van der Waals surface area (Å²) >= 11 is 1.28. The molecule has 1 aliphatic rings. The Bertz CT molecular complexity index is 1190. The molecular formula is C26H30N6O2S. The van der Waals surface area contributed by atoms with Crippen LogP contribution in [0.15, 0.2) is 64.6 Å². The summed E-state index contributed by atoms with van der Waals surface area (Å²) in [5.41, 5.74) is 10.9. The van der Waals surface area contributed by atoms with Crippen LogP contribution in [0.4, 0.5) is 5.95 Å². The summed E-state index contributed by atoms with van der Waals surface area (Å²) in [6.45, 7) is 6.41. The Morgan fingerprint density at radius 2 is 1.97 bits per heavy atom. The summed E-state index contributed by atoms with van der Waals surface area (Å²) in [4.78, 5) is 14.1. The molecule has 0 amide bonds. The minimum Gasteiger partial charge on any atom is -0.439 e. The first-order chi connectivity index (χ1) is 17.1. The van der Waals surface area contributed by atoms with Crippen LogP contribution < -0.4 is 20.5 Å². The van der Waals surface area contributed by atoms with Crippen molar-refractivity contribution in [3.05, 3.63) is 76.3 Å². The maximum Gasteiger partial charge on any atom is 0.237 e. The second-order valence-corrected chi connectivity index (χ2v) is 8.97. The minimum absolute atomic E-state index is 0.191. The van der Waals surface area contributed by atoms with Crippen molar-refractivity contribution in [3.63, 3.8) is 0 Å². The van der Waals surface area contributed by atoms with Crippen LogP contribution in [0, 0.1) is 13.8 Å². The average Bonchev–Trinajstić information content (AvgIpc) is 2.87. The number of aryl methyl sites for hydroxylation is 2. The largest absolute Gasteiger partial charge is 0.439 e. The number of aromatic nitrogens is 2. The van der Waals surface area contributed by atoms with Crippen LogP contribution in [0.3, 0.4) is 0 Å². The van der Waals surface area contributed by atoms with Gasteiger partial charge in [0.25, 0.3) is 0 Å². The predicted molar refractivity (Wildman–Crippen MR) is 143 cm³/mol. The van der Waals surface area contributed by atoms with E-state index in [0.717, 1.165) is 46.0 Å². The standard InChI is InChI=1S/C26H30N6O2S/c1-17-5-4-6-18(2)25(17)22-13-24(31-26(30-22)32-35-21(14-27)15-28-3)34-20-9-7-19(8-10-20)23-16-33-12-11-29-23/h4-10,13-15,23,29H,11-12,16,27H2,1-3H3,(H,30,31,32). The molecule has 9 heteroatoms. The number of nitrogens with two attached hydrogens (primary N) is 1. The number of allylic oxidation sites excluding steroid dienone is 1. The number of nitrogens with one attached hydrogen (secondary N) is 2. The van der Waals surface area contributed by atoms with Gasteiger partial charge < -0.3 is 20.5 Å². The normalized spacial score (nSPS) is 16.4. The van der Waals surface area contributed by atoms with Gasteiger partial charge in [0.15, 0.2) is 0 Å². The van der Waals surface area contributed by atoms with Gasteiger partial charge in [-0.05, 0) is 54.6 Å². The molecule has 8 nitrogen and oxygen atoms in total. The van der Waals surface area contributed by atoms with Gasteiger partial charge in [-0.25, -0.2) is 4.98 Å². The monoisotopic (exact) mass is 490 g/mol. The molecule has 182 valence electrons. The van der Waals surface area contributed by atoms with Gasteiger partial charge in [-0.15, -0.1) is 0 Å². The third kappa shape index (κ3) is 6.39. The van der Waals surface area contributed by atoms with Crippen molar-refractivity contribution in [2.75, 3.05) is 31.5 Å². The number of nitrogens with zero attached hydrogens (tertiary/aromatic N) is 3. The Balaban J connectivity index is 1.62. The molecule has 1 saturated heterocycles. The Labute approximate surface area is 210 Å². The number of hydrogen-bond donors (Lipinski definition) is 3. The second kappa shape index (κ2) is 11.8. The van der Waals surface area contributed by atoms with Gasteiger partial charge in [0.05, 0.1) is 29.9 Å². The van der Waals surface area contributed by atoms with Crippen LogP contribution in [0.25, 0.3) is 11.3 Å². The van der Waals surface area contributed by atoms with E-state index in [1.54, 1.807) is 13.3 Å². The summed E-state index contributed by atoms with van der Waals surface area (Å²) < 4.78 is 14.9. The molecular weight excluding hydrogens is 460 g/mol. The van der Waals surface area contributed by atoms with Gasteiger partial charge in [0.2, 0.25) is 11.8 Å². The van der Waals surface area contributed by atoms with Crippen molar-refractivity contribution in [2.24, 2.45) is 10.7 Å². The summed E-state index contributed by atoms with van der Waals surface area (Å²) in [6.07, 6.45) is 3.14. The van der Waals surface area contributed by atoms with E-state index in [2.05, 4.69) is 46.0 Å². The van der Waals surface area contributed by atoms with E-state index < -0.39 is 0 Å². The van der Waals surface area contributed by atoms with E-state index >= 15 is 0 Å². The molecule has 0 saturated carbocycles. The van der Waals surface area contributed by atoms with Gasteiger partial charge in [0, 0.05) is 37.6 Å². The highest BCUT2D eigenvalue weighted by atomic mass is 32.2. The number of morpholine rings is 1. The van der Waals surface area contributed by atoms with Crippen molar-refractivity contribution < 1.29 is 9.47 Å². The SMILES string of the molecule is CN=CC(=CN)SNc1nc(Oc2ccc(C3COCCN3)cc2)cc(-c2c(C)cccc2C)n1. The molecule has 0 spiro atoms. The number of aliphatic imine (C=N–C) groups is 1. The van der Waals surface area contributed by atoms with Crippen LogP contribution in [-0.4, -0.2) is 43.0 Å². The van der Waals surface area contributed by atoms with Crippen LogP contribution in [0.1, 0.15) is 22.7 Å². The maximum atomic E-state index is 6.17. The van der Waals surface area contributed by atoms with E-state index in [9.17, 15) is 0 Å². The number of benzene rings is 2. The lowest BCUT2D eigenvalue weighted by Gasteiger charge is -2.24. The van der Waals surface area contributed by atoms with E-state index in [1.807, 2.05) is 36.4 Å². The number of hydrogen-bond acceptors (Lipinski definition) is 9. The summed E-state index contributed by atoms with van der Waals surface area (Å²) in [7, 11) is 1.69. The van der Waals surface area contributed by atoms with Gasteiger partial charge in [-0.2, -0.15) is 4.98 Å². The third-order valence-corrected chi connectivity index (χ3v) is 6.31. The zero-order chi connectivity index (χ0) is 24.6. The Hall–Kier alpha value is -3.40. The predicted octanol–water partition coefficient (Wildman–Crippen LogP) is 4.77. The third-order valence-electron chi connectivity index (χ3n) is 5.55.